The molecule has 2 heterocycles. The van der Waals surface area contributed by atoms with Crippen LogP contribution in [0, 0.1) is 0 Å². The van der Waals surface area contributed by atoms with E-state index in [2.05, 4.69) is 60.1 Å². The van der Waals surface area contributed by atoms with Crippen molar-refractivity contribution in [2.75, 3.05) is 7.11 Å². The predicted molar refractivity (Wildman–Crippen MR) is 149 cm³/mol. The van der Waals surface area contributed by atoms with Crippen molar-refractivity contribution < 1.29 is 14.6 Å². The first-order chi connectivity index (χ1) is 18.6. The molecule has 0 aliphatic heterocycles. The molecule has 0 atom stereocenters. The van der Waals surface area contributed by atoms with Crippen molar-refractivity contribution in [2.45, 2.75) is 65.5 Å². The van der Waals surface area contributed by atoms with Crippen molar-refractivity contribution in [3.63, 3.8) is 0 Å². The lowest BCUT2D eigenvalue weighted by Crippen LogP contribution is -2.25. The zero-order chi connectivity index (χ0) is 28.2. The Bertz CT molecular complexity index is 1500. The highest BCUT2D eigenvalue weighted by Crippen LogP contribution is 2.23. The van der Waals surface area contributed by atoms with Gasteiger partial charge in [0.2, 0.25) is 11.6 Å². The number of hydrogen-bond donors (Lipinski definition) is 1. The summed E-state index contributed by atoms with van der Waals surface area (Å²) in [5.41, 5.74) is 4.45. The summed E-state index contributed by atoms with van der Waals surface area (Å²) in [5, 5.41) is 14.0. The maximum Gasteiger partial charge on any atom is 0.360 e. The molecule has 0 saturated carbocycles. The number of aryl methyl sites for hydroxylation is 2. The van der Waals surface area contributed by atoms with Gasteiger partial charge in [0, 0.05) is 18.5 Å². The number of carboxylic acid groups (broad SMARTS) is 1. The first-order valence-corrected chi connectivity index (χ1v) is 13.1. The lowest BCUT2D eigenvalue weighted by atomic mass is 9.87. The SMILES string of the molecule is CCn1c(CCCc2ccc(-c3cnc(OC)c(C(=O)O)n3)cc2)nn(Cc2ccc(C(C)(C)C)cc2)c1=O. The number of carboxylic acids is 1. The second-order valence-electron chi connectivity index (χ2n) is 10.5. The summed E-state index contributed by atoms with van der Waals surface area (Å²) in [6.07, 6.45) is 3.84. The van der Waals surface area contributed by atoms with Crippen LogP contribution in [0.1, 0.15) is 67.1 Å². The third-order valence-electron chi connectivity index (χ3n) is 6.72. The number of benzene rings is 2. The van der Waals surface area contributed by atoms with E-state index >= 15 is 0 Å². The maximum atomic E-state index is 13.0. The molecule has 2 aromatic heterocycles. The topological polar surface area (TPSA) is 112 Å². The molecule has 2 aromatic carbocycles. The Morgan fingerprint density at radius 3 is 2.26 bits per heavy atom. The fourth-order valence-corrected chi connectivity index (χ4v) is 4.47. The number of nitrogens with zero attached hydrogens (tertiary/aromatic N) is 5. The molecule has 39 heavy (non-hydrogen) atoms. The highest BCUT2D eigenvalue weighted by atomic mass is 16.5. The monoisotopic (exact) mass is 529 g/mol. The summed E-state index contributed by atoms with van der Waals surface area (Å²) >= 11 is 0. The van der Waals surface area contributed by atoms with Crippen molar-refractivity contribution >= 4 is 5.97 Å². The molecule has 0 fully saturated rings. The van der Waals surface area contributed by atoms with E-state index in [0.29, 0.717) is 25.2 Å². The fourth-order valence-electron chi connectivity index (χ4n) is 4.47. The normalized spacial score (nSPS) is 11.5. The van der Waals surface area contributed by atoms with Gasteiger partial charge in [0.1, 0.15) is 5.82 Å². The molecule has 4 aromatic rings. The van der Waals surface area contributed by atoms with Crippen LogP contribution in [-0.2, 0) is 31.3 Å². The lowest BCUT2D eigenvalue weighted by Gasteiger charge is -2.19. The van der Waals surface area contributed by atoms with E-state index in [-0.39, 0.29) is 22.7 Å². The van der Waals surface area contributed by atoms with Crippen LogP contribution in [-0.4, -0.2) is 42.5 Å². The van der Waals surface area contributed by atoms with E-state index in [9.17, 15) is 14.7 Å². The van der Waals surface area contributed by atoms with Crippen LogP contribution in [0.15, 0.2) is 59.5 Å². The van der Waals surface area contributed by atoms with Gasteiger partial charge < -0.3 is 9.84 Å². The van der Waals surface area contributed by atoms with Gasteiger partial charge in [-0.1, -0.05) is 69.3 Å². The van der Waals surface area contributed by atoms with E-state index in [1.807, 2.05) is 31.2 Å². The number of ether oxygens (including phenoxy) is 1. The molecular weight excluding hydrogens is 494 g/mol. The quantitative estimate of drug-likeness (QED) is 0.315. The molecule has 0 aliphatic rings. The molecule has 4 rings (SSSR count). The molecular formula is C30H35N5O4. The molecule has 0 aliphatic carbocycles. The Morgan fingerprint density at radius 1 is 1.00 bits per heavy atom. The van der Waals surface area contributed by atoms with Crippen molar-refractivity contribution in [1.29, 1.82) is 0 Å². The summed E-state index contributed by atoms with van der Waals surface area (Å²) in [7, 11) is 1.36. The molecule has 204 valence electrons. The zero-order valence-corrected chi connectivity index (χ0v) is 23.1. The molecule has 0 unspecified atom stereocenters. The minimum Gasteiger partial charge on any atom is -0.479 e. The average molecular weight is 530 g/mol. The van der Waals surface area contributed by atoms with Crippen LogP contribution in [0.2, 0.25) is 0 Å². The van der Waals surface area contributed by atoms with Gasteiger partial charge in [0.15, 0.2) is 0 Å². The van der Waals surface area contributed by atoms with Crippen molar-refractivity contribution in [1.82, 2.24) is 24.3 Å². The molecule has 0 amide bonds. The second kappa shape index (κ2) is 11.6. The van der Waals surface area contributed by atoms with Gasteiger partial charge in [-0.05, 0) is 41.9 Å². The number of aromatic carboxylic acids is 1. The van der Waals surface area contributed by atoms with Crippen LogP contribution in [0.5, 0.6) is 5.88 Å². The molecule has 0 radical (unpaired) electrons. The third-order valence-corrected chi connectivity index (χ3v) is 6.72. The first kappa shape index (κ1) is 27.8. The molecule has 0 saturated heterocycles. The van der Waals surface area contributed by atoms with Crippen molar-refractivity contribution in [3.8, 4) is 17.1 Å². The van der Waals surface area contributed by atoms with Gasteiger partial charge in [-0.3, -0.25) is 4.57 Å². The van der Waals surface area contributed by atoms with E-state index < -0.39 is 5.97 Å². The van der Waals surface area contributed by atoms with Gasteiger partial charge in [-0.25, -0.2) is 24.2 Å². The Labute approximate surface area is 228 Å². The average Bonchev–Trinajstić information content (AvgIpc) is 3.22. The summed E-state index contributed by atoms with van der Waals surface area (Å²) in [4.78, 5) is 32.7. The van der Waals surface area contributed by atoms with Gasteiger partial charge in [-0.15, -0.1) is 0 Å². The number of rotatable bonds is 10. The maximum absolute atomic E-state index is 13.0. The Morgan fingerprint density at radius 2 is 1.67 bits per heavy atom. The number of carbonyl (C=O) groups is 1. The van der Waals surface area contributed by atoms with E-state index in [0.717, 1.165) is 35.4 Å². The van der Waals surface area contributed by atoms with Gasteiger partial charge >= 0.3 is 11.7 Å². The van der Waals surface area contributed by atoms with E-state index in [1.54, 1.807) is 9.25 Å². The van der Waals surface area contributed by atoms with E-state index in [1.165, 1.54) is 18.9 Å². The summed E-state index contributed by atoms with van der Waals surface area (Å²) < 4.78 is 8.29. The number of aromatic nitrogens is 5. The standard InChI is InChI=1S/C30H35N5O4/c1-6-34-25(33-35(29(34)38)19-21-12-16-23(17-13-21)30(2,3)4)9-7-8-20-10-14-22(15-11-20)24-18-31-27(39-5)26(32-24)28(36)37/h10-18H,6-9,19H2,1-5H3,(H,36,37). The van der Waals surface area contributed by atoms with Crippen molar-refractivity contribution in [3.05, 3.63) is 93.4 Å². The Kier molecular flexibility index (Phi) is 8.28. The minimum absolute atomic E-state index is 0.0192. The van der Waals surface area contributed by atoms with Crippen LogP contribution in [0.4, 0.5) is 0 Å². The van der Waals surface area contributed by atoms with E-state index in [4.69, 9.17) is 4.74 Å². The van der Waals surface area contributed by atoms with Gasteiger partial charge in [0.25, 0.3) is 0 Å². The van der Waals surface area contributed by atoms with Gasteiger partial charge in [-0.2, -0.15) is 5.10 Å². The van der Waals surface area contributed by atoms with Crippen molar-refractivity contribution in [2.24, 2.45) is 0 Å². The van der Waals surface area contributed by atoms with Crippen LogP contribution >= 0.6 is 0 Å². The zero-order valence-electron chi connectivity index (χ0n) is 23.1. The highest BCUT2D eigenvalue weighted by Gasteiger charge is 2.17. The Balaban J connectivity index is 1.40. The van der Waals surface area contributed by atoms with Gasteiger partial charge in [0.05, 0.1) is 25.5 Å². The Hall–Kier alpha value is -4.27. The summed E-state index contributed by atoms with van der Waals surface area (Å²) in [6.45, 7) is 9.54. The third kappa shape index (κ3) is 6.42. The molecule has 0 bridgehead atoms. The first-order valence-electron chi connectivity index (χ1n) is 13.1. The second-order valence-corrected chi connectivity index (χ2v) is 10.5. The number of hydrogen-bond acceptors (Lipinski definition) is 6. The predicted octanol–water partition coefficient (Wildman–Crippen LogP) is 4.75. The minimum atomic E-state index is -1.19. The van der Waals surface area contributed by atoms with Crippen LogP contribution < -0.4 is 10.4 Å². The molecule has 1 N–H and O–H groups in total. The molecule has 0 spiro atoms. The summed E-state index contributed by atoms with van der Waals surface area (Å²) in [6, 6.07) is 16.2. The summed E-state index contributed by atoms with van der Waals surface area (Å²) in [5.74, 6) is -0.418. The van der Waals surface area contributed by atoms with Crippen LogP contribution in [0.3, 0.4) is 0 Å². The molecule has 9 nitrogen and oxygen atoms in total. The molecule has 9 heteroatoms. The highest BCUT2D eigenvalue weighted by molar-refractivity contribution is 5.88. The fraction of sp³-hybridized carbons (Fsp3) is 0.367. The van der Waals surface area contributed by atoms with Crippen LogP contribution in [0.25, 0.3) is 11.3 Å². The smallest absolute Gasteiger partial charge is 0.360 e. The largest absolute Gasteiger partial charge is 0.479 e. The lowest BCUT2D eigenvalue weighted by molar-refractivity contribution is 0.0685. The number of methoxy groups -OCH3 is 1.